The third-order valence-corrected chi connectivity index (χ3v) is 4.58. The number of hydrogen-bond donors (Lipinski definition) is 0. The van der Waals surface area contributed by atoms with Crippen LogP contribution in [0.2, 0.25) is 0 Å². The second kappa shape index (κ2) is 7.59. The molecule has 1 aliphatic rings. The van der Waals surface area contributed by atoms with Crippen molar-refractivity contribution in [2.24, 2.45) is 5.92 Å². The van der Waals surface area contributed by atoms with E-state index >= 15 is 0 Å². The fourth-order valence-corrected chi connectivity index (χ4v) is 3.29. The number of carbonyl (C=O) groups excluding carboxylic acids is 3. The summed E-state index contributed by atoms with van der Waals surface area (Å²) in [6.07, 6.45) is 0. The number of carbonyl (C=O) groups is 3. The molecule has 0 spiro atoms. The van der Waals surface area contributed by atoms with Gasteiger partial charge in [0.2, 0.25) is 5.78 Å². The molecular formula is C20H18N2O6. The zero-order chi connectivity index (χ0) is 20.4. The fourth-order valence-electron chi connectivity index (χ4n) is 3.29. The Morgan fingerprint density at radius 2 is 1.86 bits per heavy atom. The highest BCUT2D eigenvalue weighted by Gasteiger charge is 2.53. The molecule has 0 aliphatic carbocycles. The number of nitro benzene ring substituents is 1. The summed E-state index contributed by atoms with van der Waals surface area (Å²) in [7, 11) is 0. The predicted molar refractivity (Wildman–Crippen MR) is 99.6 cm³/mol. The Morgan fingerprint density at radius 3 is 2.46 bits per heavy atom. The van der Waals surface area contributed by atoms with Crippen LogP contribution in [-0.4, -0.2) is 29.2 Å². The Balaban J connectivity index is 2.16. The lowest BCUT2D eigenvalue weighted by atomic mass is 9.92. The lowest BCUT2D eigenvalue weighted by molar-refractivity contribution is -0.384. The summed E-state index contributed by atoms with van der Waals surface area (Å²) in [6.45, 7) is 3.52. The smallest absolute Gasteiger partial charge is 0.319 e. The van der Waals surface area contributed by atoms with Crippen molar-refractivity contribution < 1.29 is 24.0 Å². The van der Waals surface area contributed by atoms with Crippen LogP contribution in [0.15, 0.2) is 48.5 Å². The van der Waals surface area contributed by atoms with Crippen LogP contribution in [0.5, 0.6) is 0 Å². The molecular weight excluding hydrogens is 364 g/mol. The van der Waals surface area contributed by atoms with Crippen molar-refractivity contribution in [1.29, 1.82) is 0 Å². The van der Waals surface area contributed by atoms with E-state index in [9.17, 15) is 24.5 Å². The first-order valence-electron chi connectivity index (χ1n) is 8.70. The van der Waals surface area contributed by atoms with E-state index in [2.05, 4.69) is 0 Å². The Morgan fingerprint density at radius 1 is 1.18 bits per heavy atom. The second-order valence-corrected chi connectivity index (χ2v) is 6.40. The topological polar surface area (TPSA) is 107 Å². The van der Waals surface area contributed by atoms with Crippen molar-refractivity contribution in [3.05, 3.63) is 69.8 Å². The third kappa shape index (κ3) is 3.36. The lowest BCUT2D eigenvalue weighted by Gasteiger charge is -2.27. The summed E-state index contributed by atoms with van der Waals surface area (Å²) >= 11 is 0. The Bertz CT molecular complexity index is 953. The Labute approximate surface area is 160 Å². The van der Waals surface area contributed by atoms with Crippen molar-refractivity contribution in [3.8, 4) is 0 Å². The third-order valence-electron chi connectivity index (χ3n) is 4.58. The molecule has 2 aromatic rings. The van der Waals surface area contributed by atoms with E-state index in [-0.39, 0.29) is 12.3 Å². The van der Waals surface area contributed by atoms with Crippen molar-refractivity contribution in [2.75, 3.05) is 11.5 Å². The number of anilines is 1. The zero-order valence-electron chi connectivity index (χ0n) is 15.3. The van der Waals surface area contributed by atoms with E-state index in [0.717, 1.165) is 5.56 Å². The van der Waals surface area contributed by atoms with Gasteiger partial charge in [-0.2, -0.15) is 0 Å². The van der Waals surface area contributed by atoms with Crippen LogP contribution in [0.1, 0.15) is 24.1 Å². The molecule has 1 fully saturated rings. The molecule has 1 amide bonds. The van der Waals surface area contributed by atoms with E-state index in [1.165, 1.54) is 23.1 Å². The van der Waals surface area contributed by atoms with Gasteiger partial charge in [0.15, 0.2) is 0 Å². The van der Waals surface area contributed by atoms with Crippen LogP contribution in [0.25, 0.3) is 0 Å². The normalized spacial score (nSPS) is 19.0. The SMILES string of the molecule is CCOC(=O)[C@H]1C(=O)C(=O)N(c2ccc(C)cc2)[C@H]1c1cccc([N+](=O)[O-])c1. The predicted octanol–water partition coefficient (Wildman–Crippen LogP) is 2.74. The van der Waals surface area contributed by atoms with Gasteiger partial charge in [0.1, 0.15) is 5.92 Å². The number of ether oxygens (including phenoxy) is 1. The summed E-state index contributed by atoms with van der Waals surface area (Å²) in [5.41, 5.74) is 1.49. The molecule has 8 heteroatoms. The van der Waals surface area contributed by atoms with Crippen molar-refractivity contribution in [1.82, 2.24) is 0 Å². The zero-order valence-corrected chi connectivity index (χ0v) is 15.3. The average molecular weight is 382 g/mol. The standard InChI is InChI=1S/C20H18N2O6/c1-3-28-20(25)16-17(13-5-4-6-15(11-13)22(26)27)21(19(24)18(16)23)14-9-7-12(2)8-10-14/h4-11,16-17H,3H2,1-2H3/t16-,17+/m1/s1. The number of non-ortho nitro benzene ring substituents is 1. The molecule has 2 atom stereocenters. The molecule has 0 unspecified atom stereocenters. The van der Waals surface area contributed by atoms with Gasteiger partial charge < -0.3 is 4.74 Å². The summed E-state index contributed by atoms with van der Waals surface area (Å²) in [5, 5.41) is 11.2. The highest BCUT2D eigenvalue weighted by Crippen LogP contribution is 2.41. The number of benzene rings is 2. The first-order chi connectivity index (χ1) is 13.3. The number of nitrogens with zero attached hydrogens (tertiary/aromatic N) is 2. The van der Waals surface area contributed by atoms with Crippen LogP contribution >= 0.6 is 0 Å². The number of esters is 1. The molecule has 2 aromatic carbocycles. The Hall–Kier alpha value is -3.55. The number of Topliss-reactive ketones (excluding diaryl/α,β-unsaturated/α-hetero) is 1. The van der Waals surface area contributed by atoms with Gasteiger partial charge in [0.25, 0.3) is 11.6 Å². The van der Waals surface area contributed by atoms with E-state index in [1.54, 1.807) is 37.3 Å². The van der Waals surface area contributed by atoms with Crippen molar-refractivity contribution in [3.63, 3.8) is 0 Å². The number of ketones is 1. The van der Waals surface area contributed by atoms with E-state index in [0.29, 0.717) is 11.3 Å². The van der Waals surface area contributed by atoms with Crippen LogP contribution < -0.4 is 4.90 Å². The number of rotatable bonds is 5. The highest BCUT2D eigenvalue weighted by molar-refractivity contribution is 6.47. The van der Waals surface area contributed by atoms with Gasteiger partial charge in [-0.15, -0.1) is 0 Å². The van der Waals surface area contributed by atoms with E-state index < -0.39 is 34.5 Å². The average Bonchev–Trinajstić information content (AvgIpc) is 2.94. The van der Waals surface area contributed by atoms with Crippen LogP contribution in [0.3, 0.4) is 0 Å². The van der Waals surface area contributed by atoms with Gasteiger partial charge in [-0.05, 0) is 31.5 Å². The molecule has 3 rings (SSSR count). The summed E-state index contributed by atoms with van der Waals surface area (Å²) in [6, 6.07) is 11.4. The minimum absolute atomic E-state index is 0.0446. The maximum absolute atomic E-state index is 12.7. The van der Waals surface area contributed by atoms with Gasteiger partial charge >= 0.3 is 5.97 Å². The number of amides is 1. The maximum Gasteiger partial charge on any atom is 0.319 e. The van der Waals surface area contributed by atoms with Gasteiger partial charge in [-0.1, -0.05) is 29.8 Å². The minimum atomic E-state index is -1.39. The maximum atomic E-state index is 12.7. The molecule has 0 aromatic heterocycles. The molecule has 1 heterocycles. The van der Waals surface area contributed by atoms with E-state index in [1.807, 2.05) is 6.92 Å². The van der Waals surface area contributed by atoms with Crippen molar-refractivity contribution in [2.45, 2.75) is 19.9 Å². The minimum Gasteiger partial charge on any atom is -0.465 e. The Kier molecular flexibility index (Phi) is 5.21. The van der Waals surface area contributed by atoms with Gasteiger partial charge in [0.05, 0.1) is 17.6 Å². The van der Waals surface area contributed by atoms with Crippen LogP contribution in [0.4, 0.5) is 11.4 Å². The quantitative estimate of drug-likeness (QED) is 0.259. The largest absolute Gasteiger partial charge is 0.465 e. The molecule has 144 valence electrons. The number of hydrogen-bond acceptors (Lipinski definition) is 6. The molecule has 28 heavy (non-hydrogen) atoms. The number of aryl methyl sites for hydroxylation is 1. The molecule has 1 saturated heterocycles. The summed E-state index contributed by atoms with van der Waals surface area (Å²) in [4.78, 5) is 49.7. The molecule has 0 saturated carbocycles. The van der Waals surface area contributed by atoms with Crippen LogP contribution in [-0.2, 0) is 19.1 Å². The first-order valence-corrected chi connectivity index (χ1v) is 8.70. The molecule has 0 radical (unpaired) electrons. The first kappa shape index (κ1) is 19.2. The molecule has 0 bridgehead atoms. The second-order valence-electron chi connectivity index (χ2n) is 6.40. The van der Waals surface area contributed by atoms with Gasteiger partial charge in [-0.25, -0.2) is 0 Å². The summed E-state index contributed by atoms with van der Waals surface area (Å²) in [5.74, 6) is -3.96. The molecule has 0 N–H and O–H groups in total. The fraction of sp³-hybridized carbons (Fsp3) is 0.250. The van der Waals surface area contributed by atoms with Crippen LogP contribution in [0, 0.1) is 23.0 Å². The summed E-state index contributed by atoms with van der Waals surface area (Å²) < 4.78 is 5.00. The van der Waals surface area contributed by atoms with E-state index in [4.69, 9.17) is 4.74 Å². The molecule has 8 nitrogen and oxygen atoms in total. The molecule has 1 aliphatic heterocycles. The van der Waals surface area contributed by atoms with Gasteiger partial charge in [-0.3, -0.25) is 29.4 Å². The van der Waals surface area contributed by atoms with Gasteiger partial charge in [0, 0.05) is 17.8 Å². The van der Waals surface area contributed by atoms with Crippen molar-refractivity contribution >= 4 is 29.0 Å². The lowest BCUT2D eigenvalue weighted by Crippen LogP contribution is -2.31. The number of nitro groups is 1. The highest BCUT2D eigenvalue weighted by atomic mass is 16.6. The monoisotopic (exact) mass is 382 g/mol.